The van der Waals surface area contributed by atoms with Gasteiger partial charge in [-0.2, -0.15) is 0 Å². The first-order chi connectivity index (χ1) is 42.7. The van der Waals surface area contributed by atoms with Crippen LogP contribution in [0.3, 0.4) is 0 Å². The normalized spacial score (nSPS) is 20.3. The van der Waals surface area contributed by atoms with Crippen molar-refractivity contribution >= 4 is 85.5 Å². The van der Waals surface area contributed by atoms with Crippen LogP contribution in [0.15, 0.2) is 156 Å². The van der Waals surface area contributed by atoms with Gasteiger partial charge in [-0.15, -0.1) is 0 Å². The SMILES string of the molecule is CC(C)(C)c1ccc(N2c3cc4c(cc3B3c5oc6cc7c(cc6c5N(c5ccc6c(c5)C(C)(C)CCC6(C)C)c5cc(N(c6ccccc6)c6ccc8c(c6)C(C)(C)CCC8(C)C)cc2c53)C(C)(C)CCC7(C)C)C(C)(C)CCC4(C)C)c(-c2ccccc2)c1. The van der Waals surface area contributed by atoms with E-state index in [-0.39, 0.29) is 55.4 Å². The van der Waals surface area contributed by atoms with E-state index in [9.17, 15) is 0 Å². The summed E-state index contributed by atoms with van der Waals surface area (Å²) in [5.41, 5.74) is 30.3. The number of hydrogen-bond acceptors (Lipinski definition) is 4. The Bertz CT molecular complexity index is 4480. The molecule has 4 nitrogen and oxygen atoms in total. The lowest BCUT2D eigenvalue weighted by Crippen LogP contribution is -2.61. The Morgan fingerprint density at radius 1 is 0.385 bits per heavy atom. The number of hydrogen-bond donors (Lipinski definition) is 0. The number of para-hydroxylation sites is 1. The van der Waals surface area contributed by atoms with Crippen molar-refractivity contribution in [3.63, 3.8) is 0 Å². The molecule has 0 atom stereocenters. The zero-order chi connectivity index (χ0) is 64.3. The lowest BCUT2D eigenvalue weighted by Gasteiger charge is -2.47. The third-order valence-corrected chi connectivity index (χ3v) is 24.2. The highest BCUT2D eigenvalue weighted by Gasteiger charge is 2.51. The van der Waals surface area contributed by atoms with Crippen LogP contribution in [0.4, 0.5) is 51.2 Å². The Morgan fingerprint density at radius 2 is 0.857 bits per heavy atom. The second kappa shape index (κ2) is 19.7. The van der Waals surface area contributed by atoms with Gasteiger partial charge in [-0.3, -0.25) is 0 Å². The van der Waals surface area contributed by atoms with Gasteiger partial charge in [0.1, 0.15) is 5.58 Å². The van der Waals surface area contributed by atoms with Crippen molar-refractivity contribution in [1.29, 1.82) is 0 Å². The number of fused-ring (bicyclic) bond motifs is 10. The van der Waals surface area contributed by atoms with Gasteiger partial charge in [0.2, 0.25) is 0 Å². The summed E-state index contributed by atoms with van der Waals surface area (Å²) in [4.78, 5) is 8.04. The molecule has 15 rings (SSSR count). The molecule has 3 heterocycles. The Balaban J connectivity index is 1.14. The molecule has 0 N–H and O–H groups in total. The molecular formula is C86H98BN3O. The molecule has 0 saturated heterocycles. The summed E-state index contributed by atoms with van der Waals surface area (Å²) in [5.74, 6) is 0. The third-order valence-electron chi connectivity index (χ3n) is 24.2. The molecule has 5 heteroatoms. The molecule has 466 valence electrons. The molecule has 8 aromatic carbocycles. The minimum absolute atomic E-state index is 0.000634. The Morgan fingerprint density at radius 3 is 1.42 bits per heavy atom. The fourth-order valence-corrected chi connectivity index (χ4v) is 17.7. The maximum absolute atomic E-state index is 8.02. The summed E-state index contributed by atoms with van der Waals surface area (Å²) >= 11 is 0. The average molecular weight is 1200 g/mol. The molecule has 4 aliphatic carbocycles. The first-order valence-corrected chi connectivity index (χ1v) is 34.6. The molecule has 2 aliphatic heterocycles. The highest BCUT2D eigenvalue weighted by molar-refractivity contribution is 7.00. The zero-order valence-corrected chi connectivity index (χ0v) is 58.4. The fourth-order valence-electron chi connectivity index (χ4n) is 17.7. The largest absolute Gasteiger partial charge is 0.468 e. The van der Waals surface area contributed by atoms with E-state index >= 15 is 0 Å². The van der Waals surface area contributed by atoms with E-state index in [4.69, 9.17) is 4.42 Å². The Hall–Kier alpha value is -7.24. The van der Waals surface area contributed by atoms with Gasteiger partial charge >= 0.3 is 0 Å². The predicted molar refractivity (Wildman–Crippen MR) is 390 cm³/mol. The second-order valence-electron chi connectivity index (χ2n) is 35.2. The number of nitrogens with zero attached hydrogens (tertiary/aromatic N) is 3. The van der Waals surface area contributed by atoms with Crippen LogP contribution >= 0.6 is 0 Å². The summed E-state index contributed by atoms with van der Waals surface area (Å²) in [6.45, 7) is 46.5. The van der Waals surface area contributed by atoms with Crippen molar-refractivity contribution in [1.82, 2.24) is 0 Å². The topological polar surface area (TPSA) is 22.9 Å². The molecule has 91 heavy (non-hydrogen) atoms. The molecule has 1 aromatic heterocycles. The molecule has 6 aliphatic rings. The van der Waals surface area contributed by atoms with Gasteiger partial charge in [0, 0.05) is 45.1 Å². The summed E-state index contributed by atoms with van der Waals surface area (Å²) in [6, 6.07) is 60.6. The van der Waals surface area contributed by atoms with Crippen molar-refractivity contribution < 1.29 is 4.42 Å². The van der Waals surface area contributed by atoms with Crippen LogP contribution in [-0.4, -0.2) is 6.71 Å². The van der Waals surface area contributed by atoms with E-state index in [1.165, 1.54) is 117 Å². The van der Waals surface area contributed by atoms with Gasteiger partial charge in [-0.05, 0) is 246 Å². The standard InChI is InChI=1S/C86H98BN3O/c1-78(2,3)54-30-35-70(59(44-54)53-26-22-20-23-27-53)90-71-51-67-66(84(14,15)41-42-85(67,16)17)50-69(71)87-75-72(47-58(48-73(75)90)88(55-28-24-21-25-29-55)56-31-33-61-63(45-56)81(8,9)38-36-79(61,4)5)89(57-32-34-62-64(46-57)82(10,11)39-37-80(62,6)7)76-60-49-65-68(52-74(60)91-77(76)87)86(18,19)43-40-83(65,12)13/h20-35,44-52H,36-43H2,1-19H3. The minimum Gasteiger partial charge on any atom is -0.468 e. The molecular weight excluding hydrogens is 1100 g/mol. The van der Waals surface area contributed by atoms with Crippen LogP contribution in [0.5, 0.6) is 0 Å². The van der Waals surface area contributed by atoms with E-state index in [0.29, 0.717) is 0 Å². The quantitative estimate of drug-likeness (QED) is 0.155. The number of anilines is 9. The maximum Gasteiger partial charge on any atom is 0.297 e. The van der Waals surface area contributed by atoms with Crippen molar-refractivity contribution in [2.75, 3.05) is 14.7 Å². The summed E-state index contributed by atoms with van der Waals surface area (Å²) in [6.07, 6.45) is 9.08. The van der Waals surface area contributed by atoms with Crippen LogP contribution in [0.25, 0.3) is 22.1 Å². The number of furan rings is 1. The Kier molecular flexibility index (Phi) is 13.0. The maximum atomic E-state index is 8.02. The van der Waals surface area contributed by atoms with Crippen molar-refractivity contribution in [3.05, 3.63) is 202 Å². The monoisotopic (exact) mass is 1200 g/mol. The third kappa shape index (κ3) is 9.24. The fraction of sp³-hybridized carbons (Fsp3) is 0.419. The summed E-state index contributed by atoms with van der Waals surface area (Å²) < 4.78 is 8.02. The molecule has 0 amide bonds. The van der Waals surface area contributed by atoms with Crippen molar-refractivity contribution in [2.24, 2.45) is 0 Å². The van der Waals surface area contributed by atoms with Crippen LogP contribution in [0.1, 0.15) is 233 Å². The highest BCUT2D eigenvalue weighted by atomic mass is 16.3. The first kappa shape index (κ1) is 60.0. The van der Waals surface area contributed by atoms with Gasteiger partial charge < -0.3 is 19.1 Å². The first-order valence-electron chi connectivity index (χ1n) is 34.6. The van der Waals surface area contributed by atoms with Crippen LogP contribution in [0, 0.1) is 0 Å². The minimum atomic E-state index is -0.243. The zero-order valence-electron chi connectivity index (χ0n) is 58.4. The summed E-state index contributed by atoms with van der Waals surface area (Å²) in [5, 5.41) is 1.20. The van der Waals surface area contributed by atoms with Crippen molar-refractivity contribution in [2.45, 2.75) is 232 Å². The van der Waals surface area contributed by atoms with E-state index in [1.54, 1.807) is 0 Å². The van der Waals surface area contributed by atoms with Gasteiger partial charge in [-0.1, -0.05) is 204 Å². The molecule has 0 spiro atoms. The van der Waals surface area contributed by atoms with Gasteiger partial charge in [-0.25, -0.2) is 0 Å². The van der Waals surface area contributed by atoms with Gasteiger partial charge in [0.05, 0.1) is 22.7 Å². The molecule has 0 fully saturated rings. The lowest BCUT2D eigenvalue weighted by atomic mass is 9.35. The van der Waals surface area contributed by atoms with Crippen molar-refractivity contribution in [3.8, 4) is 11.1 Å². The molecule has 0 unspecified atom stereocenters. The van der Waals surface area contributed by atoms with Crippen LogP contribution < -0.4 is 31.3 Å². The van der Waals surface area contributed by atoms with Gasteiger partial charge in [0.25, 0.3) is 6.71 Å². The second-order valence-corrected chi connectivity index (χ2v) is 35.2. The Labute approximate surface area is 546 Å². The molecule has 9 aromatic rings. The van der Waals surface area contributed by atoms with E-state index < -0.39 is 0 Å². The van der Waals surface area contributed by atoms with E-state index in [0.717, 1.165) is 74.0 Å². The van der Waals surface area contributed by atoms with Gasteiger partial charge in [0.15, 0.2) is 0 Å². The van der Waals surface area contributed by atoms with E-state index in [2.05, 4.69) is 298 Å². The predicted octanol–water partition coefficient (Wildman–Crippen LogP) is 22.3. The number of rotatable bonds is 6. The molecule has 0 bridgehead atoms. The molecule has 0 radical (unpaired) electrons. The van der Waals surface area contributed by atoms with E-state index in [1.807, 2.05) is 0 Å². The lowest BCUT2D eigenvalue weighted by molar-refractivity contribution is 0.332. The number of benzene rings is 8. The summed E-state index contributed by atoms with van der Waals surface area (Å²) in [7, 11) is 0. The van der Waals surface area contributed by atoms with Crippen LogP contribution in [-0.2, 0) is 48.7 Å². The average Bonchev–Trinajstić information content (AvgIpc) is 1.08. The smallest absolute Gasteiger partial charge is 0.297 e. The highest BCUT2D eigenvalue weighted by Crippen LogP contribution is 2.58. The van der Waals surface area contributed by atoms with Crippen LogP contribution in [0.2, 0.25) is 0 Å². The molecule has 0 saturated carbocycles.